The molecule has 2 amide bonds. The number of carbonyl (C=O) groups excluding carboxylic acids is 2. The SMILES string of the molecule is CC(=O)N[C@@H](C(=O)Nc1ccccc1Br)C1CCCC1. The molecule has 1 aromatic carbocycles. The lowest BCUT2D eigenvalue weighted by Gasteiger charge is -2.23. The molecule has 0 heterocycles. The van der Waals surface area contributed by atoms with Crippen molar-refractivity contribution < 1.29 is 9.59 Å². The number of halogens is 1. The van der Waals surface area contributed by atoms with Gasteiger partial charge in [-0.2, -0.15) is 0 Å². The number of nitrogens with one attached hydrogen (secondary N) is 2. The van der Waals surface area contributed by atoms with Crippen molar-refractivity contribution in [2.75, 3.05) is 5.32 Å². The van der Waals surface area contributed by atoms with Crippen molar-refractivity contribution in [3.05, 3.63) is 28.7 Å². The fraction of sp³-hybridized carbons (Fsp3) is 0.467. The van der Waals surface area contributed by atoms with Gasteiger partial charge in [-0.1, -0.05) is 25.0 Å². The second-order valence-electron chi connectivity index (χ2n) is 5.19. The van der Waals surface area contributed by atoms with E-state index in [0.29, 0.717) is 0 Å². The molecule has 108 valence electrons. The highest BCUT2D eigenvalue weighted by Gasteiger charge is 2.31. The normalized spacial score (nSPS) is 16.7. The summed E-state index contributed by atoms with van der Waals surface area (Å²) < 4.78 is 0.835. The van der Waals surface area contributed by atoms with E-state index < -0.39 is 6.04 Å². The molecule has 0 bridgehead atoms. The number of para-hydroxylation sites is 1. The summed E-state index contributed by atoms with van der Waals surface area (Å²) in [5, 5.41) is 5.69. The average molecular weight is 339 g/mol. The van der Waals surface area contributed by atoms with Gasteiger partial charge in [-0.25, -0.2) is 0 Å². The van der Waals surface area contributed by atoms with Crippen LogP contribution in [0.2, 0.25) is 0 Å². The van der Waals surface area contributed by atoms with Crippen molar-refractivity contribution in [3.63, 3.8) is 0 Å². The summed E-state index contributed by atoms with van der Waals surface area (Å²) in [5.41, 5.74) is 0.728. The Morgan fingerprint density at radius 1 is 1.25 bits per heavy atom. The third-order valence-electron chi connectivity index (χ3n) is 3.64. The van der Waals surface area contributed by atoms with E-state index in [9.17, 15) is 9.59 Å². The zero-order valence-corrected chi connectivity index (χ0v) is 13.1. The van der Waals surface area contributed by atoms with Crippen LogP contribution in [-0.2, 0) is 9.59 Å². The highest BCUT2D eigenvalue weighted by molar-refractivity contribution is 9.10. The van der Waals surface area contributed by atoms with Crippen LogP contribution in [0.4, 0.5) is 5.69 Å². The van der Waals surface area contributed by atoms with Crippen LogP contribution < -0.4 is 10.6 Å². The summed E-state index contributed by atoms with van der Waals surface area (Å²) >= 11 is 3.41. The molecule has 20 heavy (non-hydrogen) atoms. The number of anilines is 1. The number of carbonyl (C=O) groups is 2. The number of rotatable bonds is 4. The molecule has 0 spiro atoms. The van der Waals surface area contributed by atoms with Crippen molar-refractivity contribution >= 4 is 33.4 Å². The quantitative estimate of drug-likeness (QED) is 0.886. The molecule has 2 rings (SSSR count). The van der Waals surface area contributed by atoms with Gasteiger partial charge in [0.05, 0.1) is 5.69 Å². The Morgan fingerprint density at radius 3 is 2.50 bits per heavy atom. The van der Waals surface area contributed by atoms with Crippen molar-refractivity contribution in [3.8, 4) is 0 Å². The van der Waals surface area contributed by atoms with Gasteiger partial charge in [0, 0.05) is 11.4 Å². The lowest BCUT2D eigenvalue weighted by molar-refractivity contribution is -0.126. The molecule has 1 fully saturated rings. The van der Waals surface area contributed by atoms with Crippen LogP contribution in [0.1, 0.15) is 32.6 Å². The number of hydrogen-bond donors (Lipinski definition) is 2. The summed E-state index contributed by atoms with van der Waals surface area (Å²) in [6, 6.07) is 7.02. The van der Waals surface area contributed by atoms with Gasteiger partial charge in [-0.05, 0) is 46.8 Å². The average Bonchev–Trinajstić information content (AvgIpc) is 2.92. The maximum atomic E-state index is 12.4. The van der Waals surface area contributed by atoms with Gasteiger partial charge in [-0.15, -0.1) is 0 Å². The van der Waals surface area contributed by atoms with Gasteiger partial charge in [0.1, 0.15) is 6.04 Å². The number of amides is 2. The Morgan fingerprint density at radius 2 is 1.90 bits per heavy atom. The van der Waals surface area contributed by atoms with E-state index in [2.05, 4.69) is 26.6 Å². The Kier molecular flexibility index (Phi) is 5.17. The first kappa shape index (κ1) is 15.0. The molecule has 0 saturated heterocycles. The molecular weight excluding hydrogens is 320 g/mol. The van der Waals surface area contributed by atoms with E-state index in [1.165, 1.54) is 6.92 Å². The van der Waals surface area contributed by atoms with Crippen LogP contribution in [0.25, 0.3) is 0 Å². The highest BCUT2D eigenvalue weighted by Crippen LogP contribution is 2.29. The molecule has 0 aliphatic heterocycles. The summed E-state index contributed by atoms with van der Waals surface area (Å²) in [6.45, 7) is 1.45. The summed E-state index contributed by atoms with van der Waals surface area (Å²) in [6.07, 6.45) is 4.24. The first-order valence-electron chi connectivity index (χ1n) is 6.90. The van der Waals surface area contributed by atoms with Gasteiger partial charge in [0.25, 0.3) is 0 Å². The maximum Gasteiger partial charge on any atom is 0.247 e. The van der Waals surface area contributed by atoms with Crippen LogP contribution in [0.15, 0.2) is 28.7 Å². The van der Waals surface area contributed by atoms with Gasteiger partial charge in [0.15, 0.2) is 0 Å². The van der Waals surface area contributed by atoms with E-state index in [1.54, 1.807) is 0 Å². The largest absolute Gasteiger partial charge is 0.344 e. The van der Waals surface area contributed by atoms with Crippen molar-refractivity contribution in [2.24, 2.45) is 5.92 Å². The second-order valence-corrected chi connectivity index (χ2v) is 6.05. The molecule has 1 atom stereocenters. The van der Waals surface area contributed by atoms with Crippen LogP contribution in [0.3, 0.4) is 0 Å². The Hall–Kier alpha value is -1.36. The molecular formula is C15H19BrN2O2. The molecule has 1 saturated carbocycles. The minimum atomic E-state index is -0.442. The molecule has 1 aliphatic rings. The number of hydrogen-bond acceptors (Lipinski definition) is 2. The molecule has 1 aliphatic carbocycles. The minimum Gasteiger partial charge on any atom is -0.344 e. The highest BCUT2D eigenvalue weighted by atomic mass is 79.9. The molecule has 2 N–H and O–H groups in total. The maximum absolute atomic E-state index is 12.4. The third-order valence-corrected chi connectivity index (χ3v) is 4.34. The summed E-state index contributed by atoms with van der Waals surface area (Å²) in [5.74, 6) is -0.0652. The standard InChI is InChI=1S/C15H19BrN2O2/c1-10(19)17-14(11-6-2-3-7-11)15(20)18-13-9-5-4-8-12(13)16/h4-5,8-9,11,14H,2-3,6-7H2,1H3,(H,17,19)(H,18,20)/t14-/m1/s1. The minimum absolute atomic E-state index is 0.140. The van der Waals surface area contributed by atoms with Gasteiger partial charge >= 0.3 is 0 Å². The van der Waals surface area contributed by atoms with E-state index in [1.807, 2.05) is 24.3 Å². The van der Waals surface area contributed by atoms with Gasteiger partial charge < -0.3 is 10.6 Å². The van der Waals surface area contributed by atoms with E-state index in [0.717, 1.165) is 35.8 Å². The van der Waals surface area contributed by atoms with Gasteiger partial charge in [0.2, 0.25) is 11.8 Å². The molecule has 1 aromatic rings. The Labute approximate surface area is 127 Å². The lowest BCUT2D eigenvalue weighted by Crippen LogP contribution is -2.47. The zero-order chi connectivity index (χ0) is 14.5. The molecule has 4 nitrogen and oxygen atoms in total. The van der Waals surface area contributed by atoms with Crippen LogP contribution in [0.5, 0.6) is 0 Å². The fourth-order valence-corrected chi connectivity index (χ4v) is 3.06. The van der Waals surface area contributed by atoms with E-state index >= 15 is 0 Å². The number of benzene rings is 1. The van der Waals surface area contributed by atoms with E-state index in [4.69, 9.17) is 0 Å². The molecule has 0 radical (unpaired) electrons. The molecule has 5 heteroatoms. The zero-order valence-electron chi connectivity index (χ0n) is 11.5. The third kappa shape index (κ3) is 3.82. The summed E-state index contributed by atoms with van der Waals surface area (Å²) in [4.78, 5) is 23.8. The molecule has 0 aromatic heterocycles. The van der Waals surface area contributed by atoms with Crippen molar-refractivity contribution in [1.29, 1.82) is 0 Å². The Bertz CT molecular complexity index is 498. The van der Waals surface area contributed by atoms with Crippen LogP contribution in [0, 0.1) is 5.92 Å². The van der Waals surface area contributed by atoms with E-state index in [-0.39, 0.29) is 17.7 Å². The first-order chi connectivity index (χ1) is 9.58. The monoisotopic (exact) mass is 338 g/mol. The molecule has 0 unspecified atom stereocenters. The predicted octanol–water partition coefficient (Wildman–Crippen LogP) is 3.08. The smallest absolute Gasteiger partial charge is 0.247 e. The predicted molar refractivity (Wildman–Crippen MR) is 82.3 cm³/mol. The lowest BCUT2D eigenvalue weighted by atomic mass is 9.97. The fourth-order valence-electron chi connectivity index (χ4n) is 2.68. The summed E-state index contributed by atoms with van der Waals surface area (Å²) in [7, 11) is 0. The second kappa shape index (κ2) is 6.88. The first-order valence-corrected chi connectivity index (χ1v) is 7.69. The van der Waals surface area contributed by atoms with Gasteiger partial charge in [-0.3, -0.25) is 9.59 Å². The van der Waals surface area contributed by atoms with Crippen molar-refractivity contribution in [1.82, 2.24) is 5.32 Å². The van der Waals surface area contributed by atoms with Crippen LogP contribution in [-0.4, -0.2) is 17.9 Å². The topological polar surface area (TPSA) is 58.2 Å². The van der Waals surface area contributed by atoms with Crippen LogP contribution >= 0.6 is 15.9 Å². The van der Waals surface area contributed by atoms with Crippen molar-refractivity contribution in [2.45, 2.75) is 38.6 Å². The Balaban J connectivity index is 2.09.